The smallest absolute Gasteiger partial charge is 0.230 e. The van der Waals surface area contributed by atoms with E-state index in [-0.39, 0.29) is 11.9 Å². The molecule has 0 unspecified atom stereocenters. The molecule has 0 radical (unpaired) electrons. The summed E-state index contributed by atoms with van der Waals surface area (Å²) in [6, 6.07) is 0.201. The Balaban J connectivity index is 2.33. The second kappa shape index (κ2) is 5.89. The summed E-state index contributed by atoms with van der Waals surface area (Å²) < 4.78 is 1.80. The first-order valence-electron chi connectivity index (χ1n) is 5.27. The van der Waals surface area contributed by atoms with Crippen molar-refractivity contribution in [2.45, 2.75) is 32.0 Å². The summed E-state index contributed by atoms with van der Waals surface area (Å²) in [7, 11) is 1.86. The number of rotatable bonds is 5. The third-order valence-electron chi connectivity index (χ3n) is 2.39. The largest absolute Gasteiger partial charge is 0.353 e. The molecule has 0 aromatic carbocycles. The molecule has 1 amide bonds. The molecule has 0 aliphatic carbocycles. The van der Waals surface area contributed by atoms with E-state index in [0.29, 0.717) is 11.7 Å². The van der Waals surface area contributed by atoms with Crippen LogP contribution in [-0.4, -0.2) is 32.5 Å². The van der Waals surface area contributed by atoms with Crippen LogP contribution in [0.3, 0.4) is 0 Å². The van der Waals surface area contributed by atoms with Gasteiger partial charge in [-0.3, -0.25) is 4.79 Å². The number of thioether (sulfide) groups is 1. The molecule has 0 aliphatic heterocycles. The van der Waals surface area contributed by atoms with Crippen molar-refractivity contribution in [3.8, 4) is 0 Å². The van der Waals surface area contributed by atoms with Crippen molar-refractivity contribution in [2.24, 2.45) is 13.0 Å². The molecule has 6 heteroatoms. The van der Waals surface area contributed by atoms with Crippen LogP contribution >= 0.6 is 11.8 Å². The highest BCUT2D eigenvalue weighted by Gasteiger charge is 2.12. The fourth-order valence-corrected chi connectivity index (χ4v) is 1.69. The minimum atomic E-state index is 0.0363. The van der Waals surface area contributed by atoms with Gasteiger partial charge in [-0.1, -0.05) is 25.6 Å². The molecule has 0 bridgehead atoms. The third kappa shape index (κ3) is 3.84. The van der Waals surface area contributed by atoms with Crippen molar-refractivity contribution in [1.29, 1.82) is 0 Å². The Bertz CT molecular complexity index is 350. The topological polar surface area (TPSA) is 59.8 Å². The van der Waals surface area contributed by atoms with Crippen LogP contribution in [0.15, 0.2) is 11.5 Å². The predicted molar refractivity (Wildman–Crippen MR) is 64.2 cm³/mol. The van der Waals surface area contributed by atoms with Crippen LogP contribution in [-0.2, 0) is 11.8 Å². The van der Waals surface area contributed by atoms with Crippen molar-refractivity contribution >= 4 is 17.7 Å². The van der Waals surface area contributed by atoms with Gasteiger partial charge in [0.05, 0.1) is 5.75 Å². The molecule has 0 fully saturated rings. The average Bonchev–Trinajstić information content (AvgIpc) is 2.61. The number of carbonyl (C=O) groups is 1. The maximum atomic E-state index is 11.6. The van der Waals surface area contributed by atoms with Crippen LogP contribution < -0.4 is 5.32 Å². The fourth-order valence-electron chi connectivity index (χ4n) is 0.996. The van der Waals surface area contributed by atoms with Crippen LogP contribution in [0.1, 0.15) is 20.8 Å². The average molecular weight is 242 g/mol. The Kier molecular flexibility index (Phi) is 4.79. The summed E-state index contributed by atoms with van der Waals surface area (Å²) in [5.74, 6) is 0.863. The Hall–Kier alpha value is -1.04. The molecule has 0 aliphatic rings. The van der Waals surface area contributed by atoms with Gasteiger partial charge in [0.15, 0.2) is 5.16 Å². The van der Waals surface area contributed by atoms with E-state index < -0.39 is 0 Å². The SMILES string of the molecule is CC(C)[C@H](C)NC(=O)CSc1nncn1C. The number of carbonyl (C=O) groups excluding carboxylic acids is 1. The van der Waals surface area contributed by atoms with Crippen molar-refractivity contribution in [3.63, 3.8) is 0 Å². The summed E-state index contributed by atoms with van der Waals surface area (Å²) in [5, 5.41) is 11.3. The Labute approximate surface area is 100 Å². The van der Waals surface area contributed by atoms with Gasteiger partial charge >= 0.3 is 0 Å². The highest BCUT2D eigenvalue weighted by molar-refractivity contribution is 7.99. The lowest BCUT2D eigenvalue weighted by Gasteiger charge is -2.16. The molecular formula is C10H18N4OS. The van der Waals surface area contributed by atoms with E-state index in [2.05, 4.69) is 29.4 Å². The van der Waals surface area contributed by atoms with E-state index in [1.807, 2.05) is 14.0 Å². The molecule has 1 aromatic rings. The van der Waals surface area contributed by atoms with Gasteiger partial charge in [-0.05, 0) is 12.8 Å². The number of amides is 1. The van der Waals surface area contributed by atoms with Crippen LogP contribution in [0.5, 0.6) is 0 Å². The number of nitrogens with one attached hydrogen (secondary N) is 1. The summed E-state index contributed by atoms with van der Waals surface area (Å²) in [4.78, 5) is 11.6. The van der Waals surface area contributed by atoms with Gasteiger partial charge in [0.2, 0.25) is 5.91 Å². The first-order valence-corrected chi connectivity index (χ1v) is 6.25. The molecule has 0 spiro atoms. The number of aromatic nitrogens is 3. The highest BCUT2D eigenvalue weighted by atomic mass is 32.2. The zero-order valence-corrected chi connectivity index (χ0v) is 10.9. The van der Waals surface area contributed by atoms with E-state index in [1.54, 1.807) is 10.9 Å². The predicted octanol–water partition coefficient (Wildman–Crippen LogP) is 1.07. The zero-order chi connectivity index (χ0) is 12.1. The summed E-state index contributed by atoms with van der Waals surface area (Å²) in [5.41, 5.74) is 0. The van der Waals surface area contributed by atoms with Crippen LogP contribution in [0, 0.1) is 5.92 Å². The van der Waals surface area contributed by atoms with Gasteiger partial charge in [0, 0.05) is 13.1 Å². The second-order valence-electron chi connectivity index (χ2n) is 4.11. The fraction of sp³-hybridized carbons (Fsp3) is 0.700. The molecule has 90 valence electrons. The normalized spacial score (nSPS) is 12.8. The summed E-state index contributed by atoms with van der Waals surface area (Å²) in [6.07, 6.45) is 1.62. The summed E-state index contributed by atoms with van der Waals surface area (Å²) >= 11 is 1.39. The van der Waals surface area contributed by atoms with Gasteiger partial charge in [0.25, 0.3) is 0 Å². The number of aryl methyl sites for hydroxylation is 1. The lowest BCUT2D eigenvalue weighted by atomic mass is 10.1. The zero-order valence-electron chi connectivity index (χ0n) is 10.1. The van der Waals surface area contributed by atoms with E-state index in [4.69, 9.17) is 0 Å². The molecule has 1 rings (SSSR count). The minimum Gasteiger partial charge on any atom is -0.353 e. The van der Waals surface area contributed by atoms with E-state index >= 15 is 0 Å². The monoisotopic (exact) mass is 242 g/mol. The van der Waals surface area contributed by atoms with Crippen molar-refractivity contribution in [2.75, 3.05) is 5.75 Å². The Morgan fingerprint density at radius 1 is 1.56 bits per heavy atom. The first kappa shape index (κ1) is 13.0. The number of nitrogens with zero attached hydrogens (tertiary/aromatic N) is 3. The van der Waals surface area contributed by atoms with E-state index in [9.17, 15) is 4.79 Å². The quantitative estimate of drug-likeness (QED) is 0.785. The van der Waals surface area contributed by atoms with Crippen LogP contribution in [0.4, 0.5) is 0 Å². The molecule has 0 saturated heterocycles. The lowest BCUT2D eigenvalue weighted by molar-refractivity contribution is -0.119. The molecule has 1 atom stereocenters. The number of hydrogen-bond acceptors (Lipinski definition) is 4. The van der Waals surface area contributed by atoms with Gasteiger partial charge in [0.1, 0.15) is 6.33 Å². The molecule has 1 N–H and O–H groups in total. The molecule has 5 nitrogen and oxygen atoms in total. The molecule has 0 saturated carbocycles. The van der Waals surface area contributed by atoms with Crippen molar-refractivity contribution in [3.05, 3.63) is 6.33 Å². The van der Waals surface area contributed by atoms with Gasteiger partial charge in [-0.25, -0.2) is 0 Å². The van der Waals surface area contributed by atoms with Gasteiger partial charge in [-0.15, -0.1) is 10.2 Å². The third-order valence-corrected chi connectivity index (χ3v) is 3.43. The van der Waals surface area contributed by atoms with Crippen LogP contribution in [0.25, 0.3) is 0 Å². The van der Waals surface area contributed by atoms with Crippen LogP contribution in [0.2, 0.25) is 0 Å². The van der Waals surface area contributed by atoms with E-state index in [1.165, 1.54) is 11.8 Å². The summed E-state index contributed by atoms with van der Waals surface area (Å²) in [6.45, 7) is 6.18. The van der Waals surface area contributed by atoms with Gasteiger partial charge in [-0.2, -0.15) is 0 Å². The Morgan fingerprint density at radius 2 is 2.25 bits per heavy atom. The number of hydrogen-bond donors (Lipinski definition) is 1. The van der Waals surface area contributed by atoms with Crippen molar-refractivity contribution in [1.82, 2.24) is 20.1 Å². The minimum absolute atomic E-state index is 0.0363. The van der Waals surface area contributed by atoms with E-state index in [0.717, 1.165) is 5.16 Å². The molecule has 1 heterocycles. The molecule has 1 aromatic heterocycles. The first-order chi connectivity index (χ1) is 7.50. The Morgan fingerprint density at radius 3 is 2.75 bits per heavy atom. The maximum absolute atomic E-state index is 11.6. The van der Waals surface area contributed by atoms with Crippen molar-refractivity contribution < 1.29 is 4.79 Å². The molecule has 16 heavy (non-hydrogen) atoms. The van der Waals surface area contributed by atoms with Gasteiger partial charge < -0.3 is 9.88 Å². The maximum Gasteiger partial charge on any atom is 0.230 e. The molecular weight excluding hydrogens is 224 g/mol. The standard InChI is InChI=1S/C10H18N4OS/c1-7(2)8(3)12-9(15)5-16-10-13-11-6-14(10)4/h6-8H,5H2,1-4H3,(H,12,15)/t8-/m0/s1. The lowest BCUT2D eigenvalue weighted by Crippen LogP contribution is -2.37. The second-order valence-corrected chi connectivity index (χ2v) is 5.06. The highest BCUT2D eigenvalue weighted by Crippen LogP contribution is 2.12.